The molecule has 2 heterocycles. The molecular formula is C50H82N2. The maximum Gasteiger partial charge on any atom is 0.0137 e. The third-order valence-corrected chi connectivity index (χ3v) is 20.9. The Hall–Kier alpha value is -0.0800. The van der Waals surface area contributed by atoms with E-state index in [-0.39, 0.29) is 0 Å². The molecule has 0 aromatic rings. The Balaban J connectivity index is 0.874. The lowest BCUT2D eigenvalue weighted by atomic mass is 9.59. The quantitative estimate of drug-likeness (QED) is 0.287. The van der Waals surface area contributed by atoms with Gasteiger partial charge in [-0.1, -0.05) is 109 Å². The van der Waals surface area contributed by atoms with Crippen LogP contribution in [0, 0.1) is 71.0 Å². The van der Waals surface area contributed by atoms with Crippen molar-refractivity contribution in [2.24, 2.45) is 71.0 Å². The second kappa shape index (κ2) is 15.0. The van der Waals surface area contributed by atoms with Gasteiger partial charge in [-0.2, -0.15) is 0 Å². The predicted octanol–water partition coefficient (Wildman–Crippen LogP) is 12.8. The number of rotatable bonds is 4. The number of likely N-dealkylation sites (tertiary alicyclic amines) is 2. The Morgan fingerprint density at radius 1 is 0.231 bits per heavy atom. The molecule has 0 aromatic heterocycles. The van der Waals surface area contributed by atoms with Crippen molar-refractivity contribution in [2.45, 2.75) is 242 Å². The summed E-state index contributed by atoms with van der Waals surface area (Å²) in [5, 5.41) is 0. The Labute approximate surface area is 321 Å². The van der Waals surface area contributed by atoms with Gasteiger partial charge in [0, 0.05) is 36.3 Å². The fourth-order valence-electron chi connectivity index (χ4n) is 19.1. The largest absolute Gasteiger partial charge is 0.294 e. The van der Waals surface area contributed by atoms with Crippen molar-refractivity contribution in [1.29, 1.82) is 0 Å². The highest BCUT2D eigenvalue weighted by atomic mass is 15.3. The van der Waals surface area contributed by atoms with Gasteiger partial charge < -0.3 is 0 Å². The zero-order valence-electron chi connectivity index (χ0n) is 33.9. The molecule has 2 nitrogen and oxygen atoms in total. The molecule has 9 aliphatic carbocycles. The van der Waals surface area contributed by atoms with Crippen LogP contribution in [-0.4, -0.2) is 46.1 Å². The summed E-state index contributed by atoms with van der Waals surface area (Å²) in [6.07, 6.45) is 50.4. The van der Waals surface area contributed by atoms with Crippen LogP contribution in [0.25, 0.3) is 0 Å². The van der Waals surface area contributed by atoms with Crippen LogP contribution in [0.15, 0.2) is 0 Å². The van der Waals surface area contributed by atoms with Gasteiger partial charge in [0.05, 0.1) is 0 Å². The van der Waals surface area contributed by atoms with Crippen molar-refractivity contribution in [3.05, 3.63) is 0 Å². The van der Waals surface area contributed by atoms with Crippen LogP contribution in [0.2, 0.25) is 0 Å². The molecule has 0 radical (unpaired) electrons. The predicted molar refractivity (Wildman–Crippen MR) is 216 cm³/mol. The first kappa shape index (κ1) is 35.1. The molecule has 0 aromatic carbocycles. The van der Waals surface area contributed by atoms with Crippen molar-refractivity contribution in [1.82, 2.24) is 9.80 Å². The average Bonchev–Trinajstić information content (AvgIpc) is 3.73. The van der Waals surface area contributed by atoms with Gasteiger partial charge in [-0.25, -0.2) is 0 Å². The fourth-order valence-corrected chi connectivity index (χ4v) is 19.1. The zero-order valence-corrected chi connectivity index (χ0v) is 33.9. The summed E-state index contributed by atoms with van der Waals surface area (Å²) >= 11 is 0. The highest BCUT2D eigenvalue weighted by Crippen LogP contribution is 2.63. The Morgan fingerprint density at radius 2 is 0.692 bits per heavy atom. The van der Waals surface area contributed by atoms with Gasteiger partial charge in [-0.15, -0.1) is 0 Å². The Bertz CT molecular complexity index is 1200. The summed E-state index contributed by atoms with van der Waals surface area (Å²) in [4.78, 5) is 6.94. The first-order valence-corrected chi connectivity index (χ1v) is 25.3. The van der Waals surface area contributed by atoms with Crippen LogP contribution in [0.4, 0.5) is 0 Å². The van der Waals surface area contributed by atoms with E-state index in [9.17, 15) is 0 Å². The van der Waals surface area contributed by atoms with E-state index >= 15 is 0 Å². The summed E-state index contributed by atoms with van der Waals surface area (Å²) in [5.74, 6) is 12.9. The van der Waals surface area contributed by atoms with Crippen LogP contribution in [0.5, 0.6) is 0 Å². The van der Waals surface area contributed by atoms with Crippen LogP contribution >= 0.6 is 0 Å². The maximum atomic E-state index is 3.49. The van der Waals surface area contributed by atoms with E-state index in [2.05, 4.69) is 9.80 Å². The zero-order chi connectivity index (χ0) is 34.2. The van der Waals surface area contributed by atoms with E-state index in [4.69, 9.17) is 0 Å². The first-order chi connectivity index (χ1) is 25.8. The van der Waals surface area contributed by atoms with E-state index < -0.39 is 0 Å². The van der Waals surface area contributed by atoms with Crippen LogP contribution in [0.3, 0.4) is 0 Å². The van der Waals surface area contributed by atoms with Gasteiger partial charge >= 0.3 is 0 Å². The fraction of sp³-hybridized carbons (Fsp3) is 1.00. The summed E-state index contributed by atoms with van der Waals surface area (Å²) in [6, 6.07) is 5.75. The summed E-state index contributed by atoms with van der Waals surface area (Å²) < 4.78 is 0. The van der Waals surface area contributed by atoms with Gasteiger partial charge in [0.25, 0.3) is 0 Å². The second-order valence-corrected chi connectivity index (χ2v) is 22.6. The smallest absolute Gasteiger partial charge is 0.0137 e. The molecule has 292 valence electrons. The van der Waals surface area contributed by atoms with Crippen molar-refractivity contribution in [2.75, 3.05) is 0 Å². The molecular weight excluding hydrogens is 629 g/mol. The Kier molecular flexibility index (Phi) is 10.1. The molecule has 16 atom stereocenters. The monoisotopic (exact) mass is 711 g/mol. The van der Waals surface area contributed by atoms with Crippen LogP contribution in [0.1, 0.15) is 205 Å². The van der Waals surface area contributed by atoms with E-state index in [1.807, 2.05) is 0 Å². The van der Waals surface area contributed by atoms with Crippen molar-refractivity contribution >= 4 is 0 Å². The van der Waals surface area contributed by atoms with Gasteiger partial charge in [0.15, 0.2) is 0 Å². The lowest BCUT2D eigenvalue weighted by Gasteiger charge is -2.52. The maximum absolute atomic E-state index is 3.49. The minimum Gasteiger partial charge on any atom is -0.294 e. The van der Waals surface area contributed by atoms with Gasteiger partial charge in [-0.05, 0) is 167 Å². The lowest BCUT2D eigenvalue weighted by molar-refractivity contribution is -0.0248. The average molecular weight is 711 g/mol. The molecule has 11 rings (SSSR count). The topological polar surface area (TPSA) is 6.48 Å². The molecule has 2 saturated heterocycles. The third kappa shape index (κ3) is 6.10. The molecule has 11 fully saturated rings. The van der Waals surface area contributed by atoms with Crippen molar-refractivity contribution < 1.29 is 0 Å². The number of nitrogens with zero attached hydrogens (tertiary/aromatic N) is 2. The molecule has 0 spiro atoms. The molecule has 0 N–H and O–H groups in total. The van der Waals surface area contributed by atoms with Crippen molar-refractivity contribution in [3.8, 4) is 0 Å². The summed E-state index contributed by atoms with van der Waals surface area (Å²) in [5.41, 5.74) is 0. The lowest BCUT2D eigenvalue weighted by Crippen LogP contribution is -2.55. The van der Waals surface area contributed by atoms with Crippen molar-refractivity contribution in [3.63, 3.8) is 0 Å². The Morgan fingerprint density at radius 3 is 1.48 bits per heavy atom. The summed E-state index contributed by atoms with van der Waals surface area (Å²) in [6.45, 7) is 0. The molecule has 2 heteroatoms. The molecule has 11 aliphatic rings. The number of hydrogen-bond donors (Lipinski definition) is 0. The highest BCUT2D eigenvalue weighted by Gasteiger charge is 2.65. The standard InChI is InChI=1S/C50H82N2/c1-3-12-33(13-4-1)36-22-23-38-31-40(26-24-37(38)30-36)51-45-20-10-9-19-42(45)49-47(51)28-29-48-50(49)43-32-39(34-14-5-2-6-15-34)25-27-46(43)52(48)44-21-11-17-35-16-7-8-18-41(35)44/h33-50H,1-32H2. The third-order valence-electron chi connectivity index (χ3n) is 20.9. The molecule has 0 amide bonds. The normalized spacial score (nSPS) is 52.2. The molecule has 0 bridgehead atoms. The number of hydrogen-bond acceptors (Lipinski definition) is 2. The molecule has 2 aliphatic heterocycles. The van der Waals surface area contributed by atoms with E-state index in [0.717, 1.165) is 107 Å². The molecule has 9 saturated carbocycles. The van der Waals surface area contributed by atoms with E-state index in [1.165, 1.54) is 12.8 Å². The minimum absolute atomic E-state index is 0.945. The second-order valence-electron chi connectivity index (χ2n) is 22.6. The van der Waals surface area contributed by atoms with Crippen LogP contribution in [-0.2, 0) is 0 Å². The van der Waals surface area contributed by atoms with Gasteiger partial charge in [-0.3, -0.25) is 9.80 Å². The van der Waals surface area contributed by atoms with Gasteiger partial charge in [0.1, 0.15) is 0 Å². The van der Waals surface area contributed by atoms with Crippen LogP contribution < -0.4 is 0 Å². The molecule has 52 heavy (non-hydrogen) atoms. The van der Waals surface area contributed by atoms with E-state index in [0.29, 0.717) is 0 Å². The first-order valence-electron chi connectivity index (χ1n) is 25.3. The number of fused-ring (bicyclic) bond motifs is 9. The SMILES string of the molecule is C1CCC(C2CCC3CC(N4C5CCCCC5C5C6C7CC(C8CCCCC8)CCC7N(C7CCCC8CCCCC87)C6CCC54)CCC3C2)CC1. The molecule has 16 unspecified atom stereocenters. The highest BCUT2D eigenvalue weighted by molar-refractivity contribution is 5.17. The van der Waals surface area contributed by atoms with E-state index in [1.54, 1.807) is 193 Å². The minimum atomic E-state index is 0.945. The summed E-state index contributed by atoms with van der Waals surface area (Å²) in [7, 11) is 0. The van der Waals surface area contributed by atoms with Gasteiger partial charge in [0.2, 0.25) is 0 Å².